The van der Waals surface area contributed by atoms with E-state index in [0.29, 0.717) is 16.6 Å². The smallest absolute Gasteiger partial charge is 0.412 e. The fourth-order valence-electron chi connectivity index (χ4n) is 4.00. The fraction of sp³-hybridized carbons (Fsp3) is 0.192. The molecule has 164 valence electrons. The summed E-state index contributed by atoms with van der Waals surface area (Å²) in [5.74, 6) is 0.138. The van der Waals surface area contributed by atoms with E-state index in [0.717, 1.165) is 16.2 Å². The predicted molar refractivity (Wildman–Crippen MR) is 125 cm³/mol. The molecule has 4 aromatic carbocycles. The third kappa shape index (κ3) is 4.37. The minimum Gasteiger partial charge on any atom is -0.507 e. The Morgan fingerprint density at radius 1 is 0.906 bits per heavy atom. The lowest BCUT2D eigenvalue weighted by molar-refractivity contribution is -0.0299. The van der Waals surface area contributed by atoms with Crippen LogP contribution in [0.2, 0.25) is 0 Å². The van der Waals surface area contributed by atoms with Gasteiger partial charge < -0.3 is 19.7 Å². The van der Waals surface area contributed by atoms with Crippen LogP contribution in [0.25, 0.3) is 21.5 Å². The molecule has 0 saturated carbocycles. The lowest BCUT2D eigenvalue weighted by atomic mass is 9.95. The average Bonchev–Trinajstić information content (AvgIpc) is 2.82. The number of phenols is 1. The lowest BCUT2D eigenvalue weighted by Gasteiger charge is -2.27. The Kier molecular flexibility index (Phi) is 6.54. The average molecular weight is 431 g/mol. The first-order valence-electron chi connectivity index (χ1n) is 10.4. The second-order valence-corrected chi connectivity index (χ2v) is 7.48. The van der Waals surface area contributed by atoms with Gasteiger partial charge in [0.05, 0.1) is 5.69 Å². The molecule has 0 unspecified atom stereocenters. The van der Waals surface area contributed by atoms with E-state index in [4.69, 9.17) is 9.47 Å². The highest BCUT2D eigenvalue weighted by Crippen LogP contribution is 2.35. The summed E-state index contributed by atoms with van der Waals surface area (Å²) in [6, 6.07) is 24.0. The van der Waals surface area contributed by atoms with Gasteiger partial charge in [-0.1, -0.05) is 66.7 Å². The monoisotopic (exact) mass is 431 g/mol. The molecule has 4 rings (SSSR count). The van der Waals surface area contributed by atoms with Crippen molar-refractivity contribution in [2.75, 3.05) is 19.0 Å². The number of nitrogens with one attached hydrogen (secondary N) is 1. The number of aromatic hydroxyl groups is 1. The van der Waals surface area contributed by atoms with Crippen LogP contribution in [0.4, 0.5) is 10.5 Å². The number of benzene rings is 4. The van der Waals surface area contributed by atoms with Crippen LogP contribution in [0.5, 0.6) is 5.75 Å². The van der Waals surface area contributed by atoms with Gasteiger partial charge in [0.2, 0.25) is 0 Å². The Hall–Kier alpha value is -3.61. The van der Waals surface area contributed by atoms with E-state index < -0.39 is 18.3 Å². The molecule has 6 nitrogen and oxygen atoms in total. The Morgan fingerprint density at radius 3 is 2.34 bits per heavy atom. The number of rotatable bonds is 7. The van der Waals surface area contributed by atoms with Crippen molar-refractivity contribution in [2.24, 2.45) is 0 Å². The molecule has 32 heavy (non-hydrogen) atoms. The number of hydrogen-bond donors (Lipinski definition) is 3. The zero-order chi connectivity index (χ0) is 22.5. The molecule has 0 aliphatic rings. The Labute approximate surface area is 186 Å². The maximum atomic E-state index is 13.0. The number of amides is 1. The van der Waals surface area contributed by atoms with Crippen molar-refractivity contribution >= 4 is 33.3 Å². The largest absolute Gasteiger partial charge is 0.507 e. The number of aliphatic hydroxyl groups excluding tert-OH is 1. The van der Waals surface area contributed by atoms with E-state index in [-0.39, 0.29) is 18.8 Å². The molecule has 0 spiro atoms. The molecule has 0 saturated heterocycles. The van der Waals surface area contributed by atoms with Crippen molar-refractivity contribution in [1.82, 2.24) is 0 Å². The highest BCUT2D eigenvalue weighted by Gasteiger charge is 2.29. The Bertz CT molecular complexity index is 1230. The highest BCUT2D eigenvalue weighted by atomic mass is 16.6. The number of aliphatic hydroxyl groups is 1. The Morgan fingerprint density at radius 2 is 1.59 bits per heavy atom. The molecule has 6 heteroatoms. The van der Waals surface area contributed by atoms with Crippen molar-refractivity contribution in [3.8, 4) is 5.75 Å². The van der Waals surface area contributed by atoms with Gasteiger partial charge in [-0.2, -0.15) is 0 Å². The number of ether oxygens (including phenoxy) is 2. The number of hydrogen-bond acceptors (Lipinski definition) is 5. The van der Waals surface area contributed by atoms with E-state index in [9.17, 15) is 15.0 Å². The third-order valence-corrected chi connectivity index (χ3v) is 5.56. The number of fused-ring (bicyclic) bond motifs is 2. The Balaban J connectivity index is 1.69. The molecular weight excluding hydrogens is 406 g/mol. The minimum atomic E-state index is -0.798. The van der Waals surface area contributed by atoms with Crippen LogP contribution in [0, 0.1) is 0 Å². The van der Waals surface area contributed by atoms with Crippen molar-refractivity contribution in [2.45, 2.75) is 18.6 Å². The molecule has 0 bridgehead atoms. The SMILES string of the molecule is CO[C@H](CCO)[C@H](OC(=O)Nc1cccc2ccccc12)c1ccc(O)c2ccccc12. The summed E-state index contributed by atoms with van der Waals surface area (Å²) < 4.78 is 11.5. The van der Waals surface area contributed by atoms with E-state index in [1.165, 1.54) is 7.11 Å². The first-order valence-corrected chi connectivity index (χ1v) is 10.4. The first kappa shape index (κ1) is 21.6. The van der Waals surface area contributed by atoms with Gasteiger partial charge >= 0.3 is 6.09 Å². The molecule has 4 aromatic rings. The van der Waals surface area contributed by atoms with E-state index in [1.807, 2.05) is 60.7 Å². The number of methoxy groups -OCH3 is 1. The number of carbonyl (C=O) groups is 1. The van der Waals surface area contributed by atoms with Crippen LogP contribution in [-0.4, -0.2) is 36.1 Å². The summed E-state index contributed by atoms with van der Waals surface area (Å²) >= 11 is 0. The van der Waals surface area contributed by atoms with E-state index in [2.05, 4.69) is 5.32 Å². The molecule has 0 fully saturated rings. The van der Waals surface area contributed by atoms with Crippen molar-refractivity contribution in [3.05, 3.63) is 84.4 Å². The standard InChI is InChI=1S/C26H25NO5/c1-31-24(15-16-28)25(21-13-14-23(29)20-11-5-4-10-19(20)21)32-26(30)27-22-12-6-8-17-7-2-3-9-18(17)22/h2-14,24-25,28-29H,15-16H2,1H3,(H,27,30)/t24-,25-/m1/s1. The van der Waals surface area contributed by atoms with Crippen molar-refractivity contribution in [3.63, 3.8) is 0 Å². The van der Waals surface area contributed by atoms with Crippen LogP contribution in [0.3, 0.4) is 0 Å². The second kappa shape index (κ2) is 9.68. The van der Waals surface area contributed by atoms with Crippen LogP contribution in [0.1, 0.15) is 18.1 Å². The fourth-order valence-corrected chi connectivity index (χ4v) is 4.00. The summed E-state index contributed by atoms with van der Waals surface area (Å²) in [5.41, 5.74) is 1.32. The topological polar surface area (TPSA) is 88.0 Å². The molecule has 0 aliphatic carbocycles. The summed E-state index contributed by atoms with van der Waals surface area (Å²) in [6.07, 6.45) is -1.74. The van der Waals surface area contributed by atoms with Gasteiger partial charge in [0.15, 0.2) is 6.10 Å². The summed E-state index contributed by atoms with van der Waals surface area (Å²) in [7, 11) is 1.52. The predicted octanol–water partition coefficient (Wildman–Crippen LogP) is 5.39. The zero-order valence-electron chi connectivity index (χ0n) is 17.7. The van der Waals surface area contributed by atoms with Gasteiger partial charge in [0.25, 0.3) is 0 Å². The van der Waals surface area contributed by atoms with Gasteiger partial charge in [-0.05, 0) is 22.9 Å². The maximum Gasteiger partial charge on any atom is 0.412 e. The molecule has 0 heterocycles. The molecular formula is C26H25NO5. The van der Waals surface area contributed by atoms with Gasteiger partial charge in [-0.15, -0.1) is 0 Å². The summed E-state index contributed by atoms with van der Waals surface area (Å²) in [5, 5.41) is 25.9. The number of phenolic OH excluding ortho intramolecular Hbond substituents is 1. The molecule has 2 atom stereocenters. The van der Waals surface area contributed by atoms with Crippen LogP contribution >= 0.6 is 0 Å². The summed E-state index contributed by atoms with van der Waals surface area (Å²) in [4.78, 5) is 13.0. The molecule has 0 aliphatic heterocycles. The molecule has 0 radical (unpaired) electrons. The third-order valence-electron chi connectivity index (χ3n) is 5.56. The van der Waals surface area contributed by atoms with E-state index in [1.54, 1.807) is 18.2 Å². The summed E-state index contributed by atoms with van der Waals surface area (Å²) in [6.45, 7) is -0.126. The van der Waals surface area contributed by atoms with Gasteiger partial charge in [0, 0.05) is 36.5 Å². The van der Waals surface area contributed by atoms with Crippen molar-refractivity contribution < 1.29 is 24.5 Å². The second-order valence-electron chi connectivity index (χ2n) is 7.48. The van der Waals surface area contributed by atoms with Crippen LogP contribution in [-0.2, 0) is 9.47 Å². The maximum absolute atomic E-state index is 13.0. The van der Waals surface area contributed by atoms with Crippen LogP contribution < -0.4 is 5.32 Å². The van der Waals surface area contributed by atoms with Crippen molar-refractivity contribution in [1.29, 1.82) is 0 Å². The van der Waals surface area contributed by atoms with E-state index >= 15 is 0 Å². The zero-order valence-corrected chi connectivity index (χ0v) is 17.7. The number of carbonyl (C=O) groups excluding carboxylic acids is 1. The molecule has 0 aromatic heterocycles. The lowest BCUT2D eigenvalue weighted by Crippen LogP contribution is -2.29. The highest BCUT2D eigenvalue weighted by molar-refractivity contribution is 6.00. The number of anilines is 1. The minimum absolute atomic E-state index is 0.126. The quantitative estimate of drug-likeness (QED) is 0.365. The molecule has 3 N–H and O–H groups in total. The first-order chi connectivity index (χ1) is 15.6. The van der Waals surface area contributed by atoms with Gasteiger partial charge in [-0.25, -0.2) is 4.79 Å². The van der Waals surface area contributed by atoms with Crippen LogP contribution in [0.15, 0.2) is 78.9 Å². The normalized spacial score (nSPS) is 13.1. The van der Waals surface area contributed by atoms with Gasteiger partial charge in [-0.3, -0.25) is 5.32 Å². The molecule has 1 amide bonds. The van der Waals surface area contributed by atoms with Gasteiger partial charge in [0.1, 0.15) is 11.9 Å².